The molecular weight excluding hydrogens is 530 g/mol. The fraction of sp³-hybridized carbons (Fsp3) is 0.192. The van der Waals surface area contributed by atoms with Crippen molar-refractivity contribution in [1.29, 1.82) is 0 Å². The number of carboxylic acid groups (broad SMARTS) is 2. The predicted molar refractivity (Wildman–Crippen MR) is 138 cm³/mol. The van der Waals surface area contributed by atoms with E-state index in [0.29, 0.717) is 18.8 Å². The number of carbonyl (C=O) groups is 2. The molecule has 0 amide bonds. The Hall–Kier alpha value is -3.89. The molecule has 0 atom stereocenters. The molecule has 2 aromatic carbocycles. The zero-order valence-corrected chi connectivity index (χ0v) is 21.1. The highest BCUT2D eigenvalue weighted by molar-refractivity contribution is 9.10. The van der Waals surface area contributed by atoms with Gasteiger partial charge in [0.2, 0.25) is 0 Å². The number of aliphatic carboxylic acids is 2. The van der Waals surface area contributed by atoms with E-state index >= 15 is 0 Å². The second-order valence-corrected chi connectivity index (χ2v) is 8.50. The molecule has 3 N–H and O–H groups in total. The Balaban J connectivity index is 0.000000392. The highest BCUT2D eigenvalue weighted by Crippen LogP contribution is 2.41. The van der Waals surface area contributed by atoms with Crippen LogP contribution in [0.25, 0.3) is 0 Å². The zero-order chi connectivity index (χ0) is 25.9. The second-order valence-electron chi connectivity index (χ2n) is 7.65. The summed E-state index contributed by atoms with van der Waals surface area (Å²) in [7, 11) is 1.68. The number of hydrogen-bond acceptors (Lipinski definition) is 7. The van der Waals surface area contributed by atoms with Gasteiger partial charge in [-0.3, -0.25) is 4.98 Å². The van der Waals surface area contributed by atoms with Gasteiger partial charge in [0.1, 0.15) is 6.61 Å². The van der Waals surface area contributed by atoms with Gasteiger partial charge in [0, 0.05) is 47.7 Å². The van der Waals surface area contributed by atoms with E-state index in [0.717, 1.165) is 52.3 Å². The summed E-state index contributed by atoms with van der Waals surface area (Å²) in [4.78, 5) is 23.2. The lowest BCUT2D eigenvalue weighted by molar-refractivity contribution is -0.134. The molecule has 0 saturated carbocycles. The van der Waals surface area contributed by atoms with E-state index in [4.69, 9.17) is 19.7 Å². The number of ether oxygens (including phenoxy) is 2. The van der Waals surface area contributed by atoms with Gasteiger partial charge in [-0.25, -0.2) is 14.6 Å². The monoisotopic (exact) mass is 555 g/mol. The van der Waals surface area contributed by atoms with E-state index in [1.54, 1.807) is 19.5 Å². The van der Waals surface area contributed by atoms with Crippen molar-refractivity contribution in [2.45, 2.75) is 19.6 Å². The molecule has 188 valence electrons. The molecule has 0 aliphatic carbocycles. The van der Waals surface area contributed by atoms with Gasteiger partial charge < -0.3 is 25.1 Å². The fourth-order valence-corrected chi connectivity index (χ4v) is 4.18. The van der Waals surface area contributed by atoms with E-state index < -0.39 is 11.9 Å². The molecular formula is C26H26BrN3O6. The zero-order valence-electron chi connectivity index (χ0n) is 19.6. The third kappa shape index (κ3) is 7.82. The van der Waals surface area contributed by atoms with Crippen LogP contribution >= 0.6 is 15.9 Å². The van der Waals surface area contributed by atoms with Gasteiger partial charge in [0.05, 0.1) is 12.8 Å². The standard InChI is InChI=1S/C22H22BrN3O2.C4H4O4/c1-27-21-13-20(23)18-9-12-26(25-17-7-10-24-11-8-17)14-19(18)22(21)28-15-16-5-3-2-4-6-16;5-3(6)1-2-4(7)8/h2-8,10-11,13H,9,12,14-15H2,1H3,(H,24,25);1-2H,(H,5,6)(H,7,8). The van der Waals surface area contributed by atoms with Crippen LogP contribution in [0.2, 0.25) is 0 Å². The van der Waals surface area contributed by atoms with Crippen LogP contribution in [0.4, 0.5) is 5.69 Å². The van der Waals surface area contributed by atoms with Crippen LogP contribution in [0.1, 0.15) is 16.7 Å². The summed E-state index contributed by atoms with van der Waals surface area (Å²) in [6.45, 7) is 2.12. The lowest BCUT2D eigenvalue weighted by Crippen LogP contribution is -2.35. The van der Waals surface area contributed by atoms with Gasteiger partial charge in [-0.1, -0.05) is 46.3 Å². The number of hydrogen-bond donors (Lipinski definition) is 3. The molecule has 0 radical (unpaired) electrons. The van der Waals surface area contributed by atoms with Gasteiger partial charge in [-0.2, -0.15) is 0 Å². The minimum atomic E-state index is -1.26. The lowest BCUT2D eigenvalue weighted by atomic mass is 9.99. The maximum Gasteiger partial charge on any atom is 0.328 e. The average molecular weight is 556 g/mol. The molecule has 10 heteroatoms. The smallest absolute Gasteiger partial charge is 0.328 e. The van der Waals surface area contributed by atoms with Crippen molar-refractivity contribution >= 4 is 33.6 Å². The number of nitrogens with one attached hydrogen (secondary N) is 1. The van der Waals surface area contributed by atoms with Gasteiger partial charge in [0.25, 0.3) is 0 Å². The molecule has 1 aliphatic heterocycles. The van der Waals surface area contributed by atoms with E-state index in [2.05, 4.69) is 43.5 Å². The molecule has 2 heterocycles. The lowest BCUT2D eigenvalue weighted by Gasteiger charge is -2.32. The minimum absolute atomic E-state index is 0.503. The third-order valence-electron chi connectivity index (χ3n) is 5.17. The van der Waals surface area contributed by atoms with Crippen LogP contribution in [0, 0.1) is 0 Å². The molecule has 0 spiro atoms. The van der Waals surface area contributed by atoms with Crippen molar-refractivity contribution in [2.75, 3.05) is 19.1 Å². The molecule has 0 bridgehead atoms. The molecule has 0 saturated heterocycles. The molecule has 36 heavy (non-hydrogen) atoms. The van der Waals surface area contributed by atoms with E-state index in [1.807, 2.05) is 36.4 Å². The van der Waals surface area contributed by atoms with Crippen molar-refractivity contribution in [3.05, 3.63) is 94.2 Å². The Kier molecular flexibility index (Phi) is 9.84. The Bertz CT molecular complexity index is 1190. The Morgan fingerprint density at radius 2 is 1.75 bits per heavy atom. The maximum absolute atomic E-state index is 9.55. The number of fused-ring (bicyclic) bond motifs is 1. The van der Waals surface area contributed by atoms with Crippen molar-refractivity contribution < 1.29 is 29.3 Å². The number of benzene rings is 2. The van der Waals surface area contributed by atoms with E-state index in [1.165, 1.54) is 5.56 Å². The SMILES string of the molecule is COc1cc(Br)c2c(c1OCc1ccccc1)CN(Nc1ccncc1)CC2.O=C(O)C=CC(=O)O. The minimum Gasteiger partial charge on any atom is -0.493 e. The van der Waals surface area contributed by atoms with Crippen molar-refractivity contribution in [2.24, 2.45) is 0 Å². The van der Waals surface area contributed by atoms with Crippen LogP contribution in [-0.2, 0) is 29.2 Å². The van der Waals surface area contributed by atoms with Crippen LogP contribution in [0.3, 0.4) is 0 Å². The highest BCUT2D eigenvalue weighted by Gasteiger charge is 2.25. The summed E-state index contributed by atoms with van der Waals surface area (Å²) in [5.41, 5.74) is 8.03. The number of hydrazine groups is 1. The molecule has 1 aromatic heterocycles. The summed E-state index contributed by atoms with van der Waals surface area (Å²) in [5.74, 6) is -0.960. The molecule has 9 nitrogen and oxygen atoms in total. The van der Waals surface area contributed by atoms with Crippen LogP contribution in [-0.4, -0.2) is 45.8 Å². The average Bonchev–Trinajstić information content (AvgIpc) is 2.88. The second kappa shape index (κ2) is 13.3. The topological polar surface area (TPSA) is 121 Å². The van der Waals surface area contributed by atoms with Gasteiger partial charge in [-0.05, 0) is 35.7 Å². The Morgan fingerprint density at radius 3 is 2.36 bits per heavy atom. The first-order valence-electron chi connectivity index (χ1n) is 11.0. The third-order valence-corrected chi connectivity index (χ3v) is 5.88. The maximum atomic E-state index is 9.55. The first-order valence-corrected chi connectivity index (χ1v) is 11.8. The van der Waals surface area contributed by atoms with Gasteiger partial charge in [0.15, 0.2) is 11.5 Å². The summed E-state index contributed by atoms with van der Waals surface area (Å²) in [6, 6.07) is 16.1. The largest absolute Gasteiger partial charge is 0.493 e. The van der Waals surface area contributed by atoms with E-state index in [9.17, 15) is 9.59 Å². The van der Waals surface area contributed by atoms with E-state index in [-0.39, 0.29) is 0 Å². The molecule has 3 aromatic rings. The highest BCUT2D eigenvalue weighted by atomic mass is 79.9. The quantitative estimate of drug-likeness (QED) is 0.344. The molecule has 0 fully saturated rings. The van der Waals surface area contributed by atoms with Gasteiger partial charge in [-0.15, -0.1) is 0 Å². The van der Waals surface area contributed by atoms with Crippen molar-refractivity contribution in [3.63, 3.8) is 0 Å². The van der Waals surface area contributed by atoms with Gasteiger partial charge >= 0.3 is 11.9 Å². The summed E-state index contributed by atoms with van der Waals surface area (Å²) < 4.78 is 13.0. The number of aromatic nitrogens is 1. The predicted octanol–water partition coefficient (Wildman–Crippen LogP) is 4.53. The first-order chi connectivity index (χ1) is 17.4. The number of rotatable bonds is 8. The summed E-state index contributed by atoms with van der Waals surface area (Å²) in [5, 5.41) is 17.8. The number of anilines is 1. The van der Waals surface area contributed by atoms with Crippen LogP contribution in [0.15, 0.2) is 77.5 Å². The number of carboxylic acids is 2. The molecule has 1 aliphatic rings. The van der Waals surface area contributed by atoms with Crippen molar-refractivity contribution in [1.82, 2.24) is 9.99 Å². The summed E-state index contributed by atoms with van der Waals surface area (Å²) >= 11 is 3.71. The van der Waals surface area contributed by atoms with Crippen LogP contribution < -0.4 is 14.9 Å². The van der Waals surface area contributed by atoms with Crippen LogP contribution in [0.5, 0.6) is 11.5 Å². The number of halogens is 1. The van der Waals surface area contributed by atoms with Crippen molar-refractivity contribution in [3.8, 4) is 11.5 Å². The normalized spacial score (nSPS) is 12.7. The molecule has 4 rings (SSSR count). The first kappa shape index (κ1) is 26.7. The number of pyridine rings is 1. The fourth-order valence-electron chi connectivity index (χ4n) is 3.54. The number of nitrogens with zero attached hydrogens (tertiary/aromatic N) is 2. The number of methoxy groups -OCH3 is 1. The Morgan fingerprint density at radius 1 is 1.08 bits per heavy atom. The molecule has 0 unspecified atom stereocenters. The summed E-state index contributed by atoms with van der Waals surface area (Å²) in [6.07, 6.45) is 5.60. The Labute approximate surface area is 217 Å².